The molecule has 8 nitrogen and oxygen atoms in total. The highest BCUT2D eigenvalue weighted by molar-refractivity contribution is 7.12. The number of carbonyl (C=O) groups excluding carboxylic acids is 1. The molecule has 0 fully saturated rings. The molecule has 0 radical (unpaired) electrons. The lowest BCUT2D eigenvalue weighted by molar-refractivity contribution is 0.0968. The number of imidazole rings is 1. The molecule has 1 aromatic carbocycles. The highest BCUT2D eigenvalue weighted by atomic mass is 35.5. The molecular formula is C23H22ClN7OS. The van der Waals surface area contributed by atoms with E-state index in [1.807, 2.05) is 30.8 Å². The van der Waals surface area contributed by atoms with E-state index in [1.165, 1.54) is 23.1 Å². The summed E-state index contributed by atoms with van der Waals surface area (Å²) in [5.74, 6) is 1.73. The van der Waals surface area contributed by atoms with Crippen LogP contribution in [0.3, 0.4) is 0 Å². The van der Waals surface area contributed by atoms with E-state index in [0.29, 0.717) is 27.4 Å². The molecule has 3 aromatic heterocycles. The van der Waals surface area contributed by atoms with Crippen molar-refractivity contribution in [2.75, 3.05) is 17.7 Å². The molecule has 0 bridgehead atoms. The maximum absolute atomic E-state index is 12.2. The first kappa shape index (κ1) is 21.4. The second-order valence-electron chi connectivity index (χ2n) is 7.75. The van der Waals surface area contributed by atoms with Crippen LogP contribution < -0.4 is 16.0 Å². The molecule has 4 aromatic rings. The maximum Gasteiger partial charge on any atom is 0.263 e. The number of anilines is 4. The number of nitrogens with one attached hydrogen (secondary N) is 3. The number of rotatable bonds is 5. The molecule has 10 heteroatoms. The highest BCUT2D eigenvalue weighted by Gasteiger charge is 2.18. The molecule has 1 aliphatic rings. The Hall–Kier alpha value is -3.43. The minimum Gasteiger partial charge on any atom is -0.354 e. The zero-order chi connectivity index (χ0) is 22.9. The Morgan fingerprint density at radius 2 is 2.09 bits per heavy atom. The van der Waals surface area contributed by atoms with Crippen LogP contribution in [0.15, 0.2) is 42.2 Å². The maximum atomic E-state index is 12.2. The van der Waals surface area contributed by atoms with Gasteiger partial charge >= 0.3 is 0 Å². The molecule has 0 saturated carbocycles. The van der Waals surface area contributed by atoms with E-state index in [-0.39, 0.29) is 5.91 Å². The molecular weight excluding hydrogens is 458 g/mol. The Kier molecular flexibility index (Phi) is 5.74. The van der Waals surface area contributed by atoms with Crippen molar-refractivity contribution in [2.45, 2.75) is 26.2 Å². The van der Waals surface area contributed by atoms with Gasteiger partial charge in [0.25, 0.3) is 5.91 Å². The van der Waals surface area contributed by atoms with E-state index >= 15 is 0 Å². The minimum atomic E-state index is -0.164. The number of hydrogen-bond donors (Lipinski definition) is 3. The normalized spacial score (nSPS) is 12.5. The van der Waals surface area contributed by atoms with Crippen LogP contribution in [0.25, 0.3) is 5.69 Å². The largest absolute Gasteiger partial charge is 0.354 e. The molecule has 1 aliphatic heterocycles. The topological polar surface area (TPSA) is 96.8 Å². The van der Waals surface area contributed by atoms with Gasteiger partial charge in [0.1, 0.15) is 15.7 Å². The third-order valence-corrected chi connectivity index (χ3v) is 6.93. The first-order valence-electron chi connectivity index (χ1n) is 10.6. The number of hydrogen-bond acceptors (Lipinski definition) is 7. The molecule has 5 rings (SSSR count). The molecule has 0 saturated heterocycles. The summed E-state index contributed by atoms with van der Waals surface area (Å²) >= 11 is 7.73. The Balaban J connectivity index is 1.44. The molecule has 33 heavy (non-hydrogen) atoms. The quantitative estimate of drug-likeness (QED) is 0.372. The van der Waals surface area contributed by atoms with Crippen LogP contribution in [0.5, 0.6) is 0 Å². The van der Waals surface area contributed by atoms with Gasteiger partial charge in [0.05, 0.1) is 17.6 Å². The van der Waals surface area contributed by atoms with Crippen molar-refractivity contribution in [1.29, 1.82) is 0 Å². The van der Waals surface area contributed by atoms with Crippen LogP contribution in [0.4, 0.5) is 23.1 Å². The van der Waals surface area contributed by atoms with E-state index in [1.54, 1.807) is 7.05 Å². The standard InChI is InChI=1S/C23H22ClN7OS/c1-13-12-33-20(22(32)25-2)19(13)29-21-16(24)11-27-23(30-21)28-15-7-6-14-4-3-5-18-26-8-9-31(18)17(14)10-15/h6-12H,3-5H2,1-2H3,(H,25,32)(H2,27,28,29,30). The van der Waals surface area contributed by atoms with E-state index in [0.717, 1.165) is 42.0 Å². The lowest BCUT2D eigenvalue weighted by atomic mass is 10.1. The molecule has 0 aliphatic carbocycles. The van der Waals surface area contributed by atoms with Crippen LogP contribution in [-0.4, -0.2) is 32.5 Å². The molecule has 0 unspecified atom stereocenters. The average Bonchev–Trinajstić information content (AvgIpc) is 3.39. The highest BCUT2D eigenvalue weighted by Crippen LogP contribution is 2.33. The van der Waals surface area contributed by atoms with Gasteiger partial charge in [-0.3, -0.25) is 4.79 Å². The van der Waals surface area contributed by atoms with Gasteiger partial charge in [0.2, 0.25) is 5.95 Å². The predicted octanol–water partition coefficient (Wildman–Crippen LogP) is 5.02. The third-order valence-electron chi connectivity index (χ3n) is 5.56. The summed E-state index contributed by atoms with van der Waals surface area (Å²) in [5.41, 5.74) is 4.88. The van der Waals surface area contributed by atoms with Gasteiger partial charge < -0.3 is 20.5 Å². The number of carbonyl (C=O) groups is 1. The number of benzene rings is 1. The number of nitrogens with zero attached hydrogens (tertiary/aromatic N) is 4. The van der Waals surface area contributed by atoms with Crippen molar-refractivity contribution in [3.05, 3.63) is 69.0 Å². The second-order valence-corrected chi connectivity index (χ2v) is 9.04. The van der Waals surface area contributed by atoms with Gasteiger partial charge in [-0.15, -0.1) is 11.3 Å². The number of thiophene rings is 1. The number of halogens is 1. The van der Waals surface area contributed by atoms with Crippen molar-refractivity contribution < 1.29 is 4.79 Å². The number of amides is 1. The van der Waals surface area contributed by atoms with E-state index < -0.39 is 0 Å². The lowest BCUT2D eigenvalue weighted by Gasteiger charge is -2.14. The summed E-state index contributed by atoms with van der Waals surface area (Å²) in [6.45, 7) is 1.93. The van der Waals surface area contributed by atoms with Gasteiger partial charge in [-0.1, -0.05) is 17.7 Å². The lowest BCUT2D eigenvalue weighted by Crippen LogP contribution is -2.17. The average molecular weight is 480 g/mol. The van der Waals surface area contributed by atoms with E-state index in [4.69, 9.17) is 11.6 Å². The summed E-state index contributed by atoms with van der Waals surface area (Å²) in [6, 6.07) is 6.24. The first-order chi connectivity index (χ1) is 16.0. The fraction of sp³-hybridized carbons (Fsp3) is 0.217. The molecule has 0 spiro atoms. The van der Waals surface area contributed by atoms with Crippen LogP contribution in [0.1, 0.15) is 33.0 Å². The summed E-state index contributed by atoms with van der Waals surface area (Å²) in [6.07, 6.45) is 8.42. The van der Waals surface area contributed by atoms with Crippen LogP contribution in [0.2, 0.25) is 5.02 Å². The first-order valence-corrected chi connectivity index (χ1v) is 11.8. The van der Waals surface area contributed by atoms with Gasteiger partial charge in [-0.05, 0) is 48.4 Å². The predicted molar refractivity (Wildman–Crippen MR) is 132 cm³/mol. The summed E-state index contributed by atoms with van der Waals surface area (Å²) in [5, 5.41) is 11.4. The molecule has 1 amide bonds. The zero-order valence-electron chi connectivity index (χ0n) is 18.1. The summed E-state index contributed by atoms with van der Waals surface area (Å²) < 4.78 is 2.14. The van der Waals surface area contributed by atoms with Crippen molar-refractivity contribution in [2.24, 2.45) is 0 Å². The fourth-order valence-electron chi connectivity index (χ4n) is 3.90. The van der Waals surface area contributed by atoms with Gasteiger partial charge in [-0.2, -0.15) is 4.98 Å². The Bertz CT molecular complexity index is 1350. The van der Waals surface area contributed by atoms with Crippen LogP contribution in [-0.2, 0) is 12.8 Å². The smallest absolute Gasteiger partial charge is 0.263 e. The molecule has 0 atom stereocenters. The second kappa shape index (κ2) is 8.84. The zero-order valence-corrected chi connectivity index (χ0v) is 19.7. The Labute approximate surface area is 200 Å². The molecule has 168 valence electrons. The van der Waals surface area contributed by atoms with Crippen molar-refractivity contribution in [3.8, 4) is 5.69 Å². The van der Waals surface area contributed by atoms with Gasteiger partial charge in [-0.25, -0.2) is 9.97 Å². The molecule has 3 N–H and O–H groups in total. The van der Waals surface area contributed by atoms with Crippen molar-refractivity contribution >= 4 is 52.0 Å². The Morgan fingerprint density at radius 3 is 2.94 bits per heavy atom. The molecule has 4 heterocycles. The fourth-order valence-corrected chi connectivity index (χ4v) is 4.99. The summed E-state index contributed by atoms with van der Waals surface area (Å²) in [7, 11) is 1.61. The van der Waals surface area contributed by atoms with E-state index in [9.17, 15) is 4.79 Å². The van der Waals surface area contributed by atoms with Crippen molar-refractivity contribution in [3.63, 3.8) is 0 Å². The van der Waals surface area contributed by atoms with Gasteiger partial charge in [0.15, 0.2) is 5.82 Å². The summed E-state index contributed by atoms with van der Waals surface area (Å²) in [4.78, 5) is 26.2. The Morgan fingerprint density at radius 1 is 1.21 bits per heavy atom. The van der Waals surface area contributed by atoms with Crippen LogP contribution in [0, 0.1) is 6.92 Å². The third kappa shape index (κ3) is 4.17. The number of aryl methyl sites for hydroxylation is 3. The number of fused-ring (bicyclic) bond motifs is 3. The minimum absolute atomic E-state index is 0.164. The van der Waals surface area contributed by atoms with Gasteiger partial charge in [0, 0.05) is 31.5 Å². The van der Waals surface area contributed by atoms with E-state index in [2.05, 4.69) is 47.6 Å². The van der Waals surface area contributed by atoms with Crippen LogP contribution >= 0.6 is 22.9 Å². The SMILES string of the molecule is CNC(=O)c1scc(C)c1Nc1nc(Nc2ccc3c(c2)-n2ccnc2CCC3)ncc1Cl. The number of aromatic nitrogens is 4. The monoisotopic (exact) mass is 479 g/mol. The van der Waals surface area contributed by atoms with Crippen molar-refractivity contribution in [1.82, 2.24) is 24.8 Å².